The fraction of sp³-hybridized carbons (Fsp3) is 0.333. The van der Waals surface area contributed by atoms with Gasteiger partial charge in [0.15, 0.2) is 0 Å². The molecule has 138 valence electrons. The van der Waals surface area contributed by atoms with Crippen molar-refractivity contribution in [3.8, 4) is 5.75 Å². The van der Waals surface area contributed by atoms with Crippen LogP contribution >= 0.6 is 11.3 Å². The van der Waals surface area contributed by atoms with Crippen molar-refractivity contribution in [1.82, 2.24) is 4.90 Å². The number of anilines is 2. The van der Waals surface area contributed by atoms with Crippen molar-refractivity contribution in [3.05, 3.63) is 40.6 Å². The molecule has 0 aliphatic carbocycles. The molecule has 1 aliphatic rings. The van der Waals surface area contributed by atoms with Crippen molar-refractivity contribution in [1.29, 1.82) is 0 Å². The number of amides is 2. The van der Waals surface area contributed by atoms with E-state index in [1.165, 1.54) is 18.4 Å². The summed E-state index contributed by atoms with van der Waals surface area (Å²) in [4.78, 5) is 28.6. The largest absolute Gasteiger partial charge is 0.497 e. The van der Waals surface area contributed by atoms with Gasteiger partial charge in [0.25, 0.3) is 0 Å². The molecule has 7 nitrogen and oxygen atoms in total. The summed E-state index contributed by atoms with van der Waals surface area (Å²) in [6.07, 6.45) is 0. The lowest BCUT2D eigenvalue weighted by Gasteiger charge is -2.36. The molecule has 3 rings (SSSR count). The second-order valence-electron chi connectivity index (χ2n) is 5.76. The van der Waals surface area contributed by atoms with Crippen LogP contribution in [0.15, 0.2) is 35.7 Å². The summed E-state index contributed by atoms with van der Waals surface area (Å²) in [5.41, 5.74) is 1.60. The first-order valence-electron chi connectivity index (χ1n) is 8.23. The second-order valence-corrected chi connectivity index (χ2v) is 6.67. The molecule has 2 aromatic rings. The maximum atomic E-state index is 12.5. The number of hydrogen-bond acceptors (Lipinski definition) is 6. The number of piperazine rings is 1. The number of hydrogen-bond donors (Lipinski definition) is 1. The number of nitrogens with zero attached hydrogens (tertiary/aromatic N) is 2. The van der Waals surface area contributed by atoms with E-state index < -0.39 is 5.97 Å². The molecule has 0 bridgehead atoms. The monoisotopic (exact) mass is 375 g/mol. The number of nitrogens with one attached hydrogen (secondary N) is 1. The number of ether oxygens (including phenoxy) is 2. The van der Waals surface area contributed by atoms with Gasteiger partial charge in [-0.15, -0.1) is 11.3 Å². The summed E-state index contributed by atoms with van der Waals surface area (Å²) >= 11 is 1.25. The Labute approximate surface area is 156 Å². The quantitative estimate of drug-likeness (QED) is 0.832. The maximum Gasteiger partial charge on any atom is 0.350 e. The van der Waals surface area contributed by atoms with Crippen LogP contribution in [0.3, 0.4) is 0 Å². The molecular formula is C18H21N3O4S. The highest BCUT2D eigenvalue weighted by Crippen LogP contribution is 2.24. The molecule has 26 heavy (non-hydrogen) atoms. The number of carbonyl (C=O) groups is 2. The number of urea groups is 1. The summed E-state index contributed by atoms with van der Waals surface area (Å²) in [5.74, 6) is 0.378. The topological polar surface area (TPSA) is 71.1 Å². The third kappa shape index (κ3) is 3.91. The van der Waals surface area contributed by atoms with Crippen LogP contribution in [0.25, 0.3) is 0 Å². The van der Waals surface area contributed by atoms with Crippen molar-refractivity contribution in [2.75, 3.05) is 50.6 Å². The summed E-state index contributed by atoms with van der Waals surface area (Å²) in [6, 6.07) is 9.40. The van der Waals surface area contributed by atoms with Gasteiger partial charge < -0.3 is 24.6 Å². The van der Waals surface area contributed by atoms with E-state index in [9.17, 15) is 9.59 Å². The van der Waals surface area contributed by atoms with Crippen LogP contribution in [0, 0.1) is 0 Å². The van der Waals surface area contributed by atoms with Gasteiger partial charge in [0.1, 0.15) is 10.6 Å². The van der Waals surface area contributed by atoms with Crippen molar-refractivity contribution in [2.24, 2.45) is 0 Å². The molecule has 1 fully saturated rings. The van der Waals surface area contributed by atoms with Crippen LogP contribution in [0.1, 0.15) is 9.67 Å². The molecule has 0 unspecified atom stereocenters. The number of benzene rings is 1. The lowest BCUT2D eigenvalue weighted by Crippen LogP contribution is -2.50. The van der Waals surface area contributed by atoms with E-state index in [1.54, 1.807) is 23.5 Å². The Bertz CT molecular complexity index is 767. The average molecular weight is 375 g/mol. The third-order valence-electron chi connectivity index (χ3n) is 4.28. The SMILES string of the molecule is COC(=O)c1sccc1NC(=O)N1CCN(c2ccc(OC)cc2)CC1. The Hall–Kier alpha value is -2.74. The number of esters is 1. The van der Waals surface area contributed by atoms with Crippen LogP contribution in [0.4, 0.5) is 16.2 Å². The van der Waals surface area contributed by atoms with Crippen LogP contribution in [0.5, 0.6) is 5.75 Å². The Morgan fingerprint density at radius 3 is 2.35 bits per heavy atom. The molecule has 1 aromatic heterocycles. The Kier molecular flexibility index (Phi) is 5.62. The molecule has 0 spiro atoms. The highest BCUT2D eigenvalue weighted by Gasteiger charge is 2.23. The fourth-order valence-corrected chi connectivity index (χ4v) is 3.58. The standard InChI is InChI=1S/C18H21N3O4S/c1-24-14-5-3-13(4-6-14)20-8-10-21(11-9-20)18(23)19-15-7-12-26-16(15)17(22)25-2/h3-7,12H,8-11H2,1-2H3,(H,19,23). The minimum atomic E-state index is -0.445. The van der Waals surface area contributed by atoms with Crippen LogP contribution in [-0.4, -0.2) is 57.3 Å². The van der Waals surface area contributed by atoms with Gasteiger partial charge in [-0.3, -0.25) is 0 Å². The minimum Gasteiger partial charge on any atom is -0.497 e. The van der Waals surface area contributed by atoms with Gasteiger partial charge in [-0.2, -0.15) is 0 Å². The fourth-order valence-electron chi connectivity index (χ4n) is 2.81. The van der Waals surface area contributed by atoms with E-state index in [-0.39, 0.29) is 6.03 Å². The van der Waals surface area contributed by atoms with E-state index in [2.05, 4.69) is 10.2 Å². The van der Waals surface area contributed by atoms with Crippen LogP contribution < -0.4 is 15.0 Å². The van der Waals surface area contributed by atoms with E-state index in [1.807, 2.05) is 24.3 Å². The van der Waals surface area contributed by atoms with E-state index in [4.69, 9.17) is 9.47 Å². The molecule has 1 aromatic carbocycles. The smallest absolute Gasteiger partial charge is 0.350 e. The normalized spacial score (nSPS) is 14.1. The summed E-state index contributed by atoms with van der Waals surface area (Å²) in [6.45, 7) is 2.70. The predicted molar refractivity (Wildman–Crippen MR) is 101 cm³/mol. The van der Waals surface area contributed by atoms with Gasteiger partial charge in [-0.05, 0) is 35.7 Å². The van der Waals surface area contributed by atoms with Crippen molar-refractivity contribution >= 4 is 34.7 Å². The van der Waals surface area contributed by atoms with Gasteiger partial charge >= 0.3 is 12.0 Å². The van der Waals surface area contributed by atoms with E-state index in [0.29, 0.717) is 23.7 Å². The molecule has 8 heteroatoms. The summed E-state index contributed by atoms with van der Waals surface area (Å²) in [5, 5.41) is 4.56. The van der Waals surface area contributed by atoms with Gasteiger partial charge in [0.2, 0.25) is 0 Å². The van der Waals surface area contributed by atoms with Gasteiger partial charge in [-0.25, -0.2) is 9.59 Å². The number of rotatable bonds is 4. The molecule has 2 amide bonds. The first kappa shape index (κ1) is 18.1. The average Bonchev–Trinajstić information content (AvgIpc) is 3.15. The highest BCUT2D eigenvalue weighted by atomic mass is 32.1. The third-order valence-corrected chi connectivity index (χ3v) is 5.18. The zero-order valence-corrected chi connectivity index (χ0v) is 15.5. The molecule has 2 heterocycles. The van der Waals surface area contributed by atoms with Crippen LogP contribution in [-0.2, 0) is 4.74 Å². The molecule has 0 saturated carbocycles. The molecule has 0 atom stereocenters. The zero-order chi connectivity index (χ0) is 18.5. The van der Waals surface area contributed by atoms with Gasteiger partial charge in [0.05, 0.1) is 19.9 Å². The van der Waals surface area contributed by atoms with E-state index in [0.717, 1.165) is 24.5 Å². The molecular weight excluding hydrogens is 354 g/mol. The number of carbonyl (C=O) groups excluding carboxylic acids is 2. The lowest BCUT2D eigenvalue weighted by molar-refractivity contribution is 0.0607. The predicted octanol–water partition coefficient (Wildman–Crippen LogP) is 2.90. The Balaban J connectivity index is 1.57. The van der Waals surface area contributed by atoms with Crippen LogP contribution in [0.2, 0.25) is 0 Å². The first-order valence-corrected chi connectivity index (χ1v) is 9.11. The molecule has 1 N–H and O–H groups in total. The van der Waals surface area contributed by atoms with Crippen molar-refractivity contribution in [3.63, 3.8) is 0 Å². The van der Waals surface area contributed by atoms with E-state index >= 15 is 0 Å². The first-order chi connectivity index (χ1) is 12.6. The maximum absolute atomic E-state index is 12.5. The highest BCUT2D eigenvalue weighted by molar-refractivity contribution is 7.12. The summed E-state index contributed by atoms with van der Waals surface area (Å²) in [7, 11) is 2.97. The second kappa shape index (κ2) is 8.09. The van der Waals surface area contributed by atoms with Gasteiger partial charge in [-0.1, -0.05) is 0 Å². The van der Waals surface area contributed by atoms with Crippen molar-refractivity contribution in [2.45, 2.75) is 0 Å². The van der Waals surface area contributed by atoms with Gasteiger partial charge in [0, 0.05) is 31.9 Å². The number of methoxy groups -OCH3 is 2. The zero-order valence-electron chi connectivity index (χ0n) is 14.7. The molecule has 1 aliphatic heterocycles. The molecule has 0 radical (unpaired) electrons. The lowest BCUT2D eigenvalue weighted by atomic mass is 10.2. The number of thiophene rings is 1. The summed E-state index contributed by atoms with van der Waals surface area (Å²) < 4.78 is 9.91. The molecule has 1 saturated heterocycles. The Morgan fingerprint density at radius 1 is 1.04 bits per heavy atom. The Morgan fingerprint density at radius 2 is 1.73 bits per heavy atom. The minimum absolute atomic E-state index is 0.206. The van der Waals surface area contributed by atoms with Crippen molar-refractivity contribution < 1.29 is 19.1 Å².